The van der Waals surface area contributed by atoms with Crippen LogP contribution in [0.5, 0.6) is 0 Å². The summed E-state index contributed by atoms with van der Waals surface area (Å²) in [5, 5.41) is 0. The average Bonchev–Trinajstić information content (AvgIpc) is 1.36. The van der Waals surface area contributed by atoms with Crippen LogP contribution in [0.1, 0.15) is 6.92 Å². The summed E-state index contributed by atoms with van der Waals surface area (Å²) in [6, 6.07) is 0. The van der Waals surface area contributed by atoms with E-state index in [2.05, 4.69) is 5.73 Å². The highest BCUT2D eigenvalue weighted by Gasteiger charge is 2.01. The highest BCUT2D eigenvalue weighted by Crippen LogP contribution is 1.80. The molecule has 6 heavy (non-hydrogen) atoms. The Kier molecular flexibility index (Phi) is 1.57. The number of hydrogen-bond acceptors (Lipinski definition) is 1. The van der Waals surface area contributed by atoms with Crippen LogP contribution < -0.4 is 5.73 Å². The van der Waals surface area contributed by atoms with Crippen molar-refractivity contribution in [3.63, 3.8) is 0 Å². The van der Waals surface area contributed by atoms with E-state index >= 15 is 0 Å². The predicted octanol–water partition coefficient (Wildman–Crippen LogP) is -0.170. The molecule has 0 aromatic heterocycles. The van der Waals surface area contributed by atoms with Crippen LogP contribution in [0.2, 0.25) is 0 Å². The first-order valence-corrected chi connectivity index (χ1v) is 1.58. The largest absolute Gasteiger partial charge is 0.367 e. The number of alkyl halides is 1. The van der Waals surface area contributed by atoms with E-state index in [1.165, 1.54) is 0 Å². The minimum Gasteiger partial charge on any atom is -0.367 e. The third-order valence-corrected chi connectivity index (χ3v) is 0.392. The highest BCUT2D eigenvalue weighted by atomic mass is 19.1. The van der Waals surface area contributed by atoms with Gasteiger partial charge in [-0.2, -0.15) is 0 Å². The predicted molar refractivity (Wildman–Crippen MR) is 19.8 cm³/mol. The molecule has 0 bridgehead atoms. The summed E-state index contributed by atoms with van der Waals surface area (Å²) in [5.74, 6) is -0.907. The van der Waals surface area contributed by atoms with Crippen LogP contribution in [0.25, 0.3) is 0 Å². The fourth-order valence-electron chi connectivity index (χ4n) is 0. The number of hydrogen-bond donors (Lipinski definition) is 1. The summed E-state index contributed by atoms with van der Waals surface area (Å²) in [4.78, 5) is 9.55. The maximum atomic E-state index is 11.3. The lowest BCUT2D eigenvalue weighted by molar-refractivity contribution is -0.122. The molecule has 0 aliphatic carbocycles. The van der Waals surface area contributed by atoms with Crippen LogP contribution in [-0.2, 0) is 4.79 Å². The zero-order chi connectivity index (χ0) is 5.15. The van der Waals surface area contributed by atoms with Crippen molar-refractivity contribution in [2.45, 2.75) is 13.1 Å². The normalized spacial score (nSPS) is 13.7. The Morgan fingerprint density at radius 2 is 2.17 bits per heavy atom. The lowest BCUT2D eigenvalue weighted by Crippen LogP contribution is -2.20. The van der Waals surface area contributed by atoms with E-state index in [0.29, 0.717) is 0 Å². The van der Waals surface area contributed by atoms with Gasteiger partial charge in [0.05, 0.1) is 0 Å². The molecule has 0 spiro atoms. The van der Waals surface area contributed by atoms with Crippen molar-refractivity contribution >= 4 is 5.91 Å². The molecule has 0 aromatic carbocycles. The van der Waals surface area contributed by atoms with Gasteiger partial charge in [-0.15, -0.1) is 0 Å². The van der Waals surface area contributed by atoms with Gasteiger partial charge in [0.1, 0.15) is 0 Å². The number of amides is 1. The van der Waals surface area contributed by atoms with E-state index in [1.54, 1.807) is 0 Å². The summed E-state index contributed by atoms with van der Waals surface area (Å²) in [6.45, 7) is 1.10. The van der Waals surface area contributed by atoms with Crippen LogP contribution in [0, 0.1) is 0 Å². The summed E-state index contributed by atoms with van der Waals surface area (Å²) in [5.41, 5.74) is 4.42. The van der Waals surface area contributed by atoms with Crippen LogP contribution in [0.4, 0.5) is 4.39 Å². The molecule has 1 atom stereocenters. The molecule has 0 rings (SSSR count). The van der Waals surface area contributed by atoms with E-state index in [-0.39, 0.29) is 0 Å². The highest BCUT2D eigenvalue weighted by molar-refractivity contribution is 5.78. The summed E-state index contributed by atoms with van der Waals surface area (Å²) < 4.78 is 11.3. The maximum Gasteiger partial charge on any atom is 0.251 e. The van der Waals surface area contributed by atoms with Crippen molar-refractivity contribution in [2.24, 2.45) is 5.73 Å². The average molecular weight is 91.1 g/mol. The van der Waals surface area contributed by atoms with Crippen LogP contribution in [0.3, 0.4) is 0 Å². The Bertz CT molecular complexity index is 61.8. The molecule has 3 heteroatoms. The van der Waals surface area contributed by atoms with Crippen molar-refractivity contribution < 1.29 is 9.18 Å². The number of halogens is 1. The Balaban J connectivity index is 3.26. The Morgan fingerprint density at radius 1 is 2.00 bits per heavy atom. The van der Waals surface area contributed by atoms with Gasteiger partial charge < -0.3 is 5.73 Å². The lowest BCUT2D eigenvalue weighted by atomic mass is 10.4. The molecule has 0 unspecified atom stereocenters. The molecular weight excluding hydrogens is 85.0 g/mol. The molecule has 0 aliphatic heterocycles. The fourth-order valence-corrected chi connectivity index (χ4v) is 0. The molecule has 0 fully saturated rings. The standard InChI is InChI=1S/C3H6FNO/c1-2(4)3(5)6/h2H,1H3,(H2,5,6)/t2-/m0/s1. The van der Waals surface area contributed by atoms with E-state index in [1.807, 2.05) is 0 Å². The van der Waals surface area contributed by atoms with Gasteiger partial charge in [-0.25, -0.2) is 4.39 Å². The number of carbonyl (C=O) groups excluding carboxylic acids is 1. The van der Waals surface area contributed by atoms with E-state index in [4.69, 9.17) is 0 Å². The molecule has 0 saturated heterocycles. The summed E-state index contributed by atoms with van der Waals surface area (Å²) in [7, 11) is 0. The third kappa shape index (κ3) is 1.69. The molecule has 0 saturated carbocycles. The van der Waals surface area contributed by atoms with E-state index < -0.39 is 12.1 Å². The second-order valence-corrected chi connectivity index (χ2v) is 1.02. The van der Waals surface area contributed by atoms with E-state index in [0.717, 1.165) is 6.92 Å². The Morgan fingerprint density at radius 3 is 2.17 bits per heavy atom. The zero-order valence-corrected chi connectivity index (χ0v) is 3.44. The number of nitrogens with two attached hydrogens (primary N) is 1. The maximum absolute atomic E-state index is 11.3. The van der Waals surface area contributed by atoms with Crippen LogP contribution >= 0.6 is 0 Å². The van der Waals surface area contributed by atoms with Gasteiger partial charge in [-0.1, -0.05) is 0 Å². The van der Waals surface area contributed by atoms with Crippen molar-refractivity contribution in [3.05, 3.63) is 0 Å². The Hall–Kier alpha value is -0.600. The lowest BCUT2D eigenvalue weighted by Gasteiger charge is -1.86. The van der Waals surface area contributed by atoms with Gasteiger partial charge in [-0.3, -0.25) is 4.79 Å². The van der Waals surface area contributed by atoms with Gasteiger partial charge in [-0.05, 0) is 6.92 Å². The number of rotatable bonds is 1. The van der Waals surface area contributed by atoms with Gasteiger partial charge in [0.15, 0.2) is 6.17 Å². The molecule has 2 nitrogen and oxygen atoms in total. The molecule has 1 amide bonds. The van der Waals surface area contributed by atoms with Crippen molar-refractivity contribution in [1.29, 1.82) is 0 Å². The second-order valence-electron chi connectivity index (χ2n) is 1.02. The quantitative estimate of drug-likeness (QED) is 0.478. The van der Waals surface area contributed by atoms with Crippen molar-refractivity contribution in [1.82, 2.24) is 0 Å². The minimum absolute atomic E-state index is 0.907. The molecule has 2 N–H and O–H groups in total. The van der Waals surface area contributed by atoms with Crippen molar-refractivity contribution in [2.75, 3.05) is 0 Å². The van der Waals surface area contributed by atoms with Gasteiger partial charge >= 0.3 is 0 Å². The third-order valence-electron chi connectivity index (χ3n) is 0.392. The van der Waals surface area contributed by atoms with Gasteiger partial charge in [0.2, 0.25) is 0 Å². The molecule has 0 heterocycles. The minimum atomic E-state index is -1.51. The number of carbonyl (C=O) groups is 1. The topological polar surface area (TPSA) is 43.1 Å². The first kappa shape index (κ1) is 5.40. The monoisotopic (exact) mass is 91.0 g/mol. The fraction of sp³-hybridized carbons (Fsp3) is 0.667. The van der Waals surface area contributed by atoms with Gasteiger partial charge in [0.25, 0.3) is 5.91 Å². The van der Waals surface area contributed by atoms with Crippen LogP contribution in [-0.4, -0.2) is 12.1 Å². The molecule has 0 aromatic rings. The van der Waals surface area contributed by atoms with Crippen LogP contribution in [0.15, 0.2) is 0 Å². The zero-order valence-electron chi connectivity index (χ0n) is 3.44. The first-order valence-electron chi connectivity index (χ1n) is 1.58. The molecule has 36 valence electrons. The molecule has 0 radical (unpaired) electrons. The van der Waals surface area contributed by atoms with Gasteiger partial charge in [0, 0.05) is 0 Å². The molecule has 0 aliphatic rings. The summed E-state index contributed by atoms with van der Waals surface area (Å²) >= 11 is 0. The van der Waals surface area contributed by atoms with E-state index in [9.17, 15) is 9.18 Å². The Labute approximate surface area is 35.1 Å². The second kappa shape index (κ2) is 1.74. The SMILES string of the molecule is C[C@H](F)C(N)=O. The number of primary amides is 1. The summed E-state index contributed by atoms with van der Waals surface area (Å²) in [6.07, 6.45) is -1.51. The molecular formula is C3H6FNO. The smallest absolute Gasteiger partial charge is 0.251 e. The van der Waals surface area contributed by atoms with Crippen molar-refractivity contribution in [3.8, 4) is 0 Å². The first-order chi connectivity index (χ1) is 2.64.